The molecule has 1 saturated carbocycles. The molecule has 1 aliphatic rings. The SMILES string of the molecule is Cc1ccc(C#N)c(S(=O)(=O)Nc2ccc(-c3nc(NC4CCCC(O)C4)c4c(C)[nH]nc4n3)cc2)c1. The number of benzene rings is 2. The molecule has 0 saturated heterocycles. The summed E-state index contributed by atoms with van der Waals surface area (Å²) in [4.78, 5) is 9.31. The van der Waals surface area contributed by atoms with E-state index in [2.05, 4.69) is 25.2 Å². The number of rotatable bonds is 6. The Labute approximate surface area is 214 Å². The minimum atomic E-state index is -3.96. The van der Waals surface area contributed by atoms with E-state index in [-0.39, 0.29) is 22.6 Å². The number of nitriles is 1. The fraction of sp³-hybridized carbons (Fsp3) is 0.308. The molecule has 0 aliphatic heterocycles. The van der Waals surface area contributed by atoms with E-state index in [9.17, 15) is 18.8 Å². The van der Waals surface area contributed by atoms with Gasteiger partial charge in [0.25, 0.3) is 10.0 Å². The van der Waals surface area contributed by atoms with E-state index in [1.54, 1.807) is 37.3 Å². The summed E-state index contributed by atoms with van der Waals surface area (Å²) in [6.45, 7) is 3.68. The molecule has 11 heteroatoms. The first-order valence-electron chi connectivity index (χ1n) is 12.0. The molecule has 0 spiro atoms. The van der Waals surface area contributed by atoms with E-state index >= 15 is 0 Å². The van der Waals surface area contributed by atoms with Gasteiger partial charge in [0, 0.05) is 23.0 Å². The summed E-state index contributed by atoms with van der Waals surface area (Å²) in [5.41, 5.74) is 3.22. The second-order valence-corrected chi connectivity index (χ2v) is 11.0. The van der Waals surface area contributed by atoms with Crippen LogP contribution in [0, 0.1) is 25.2 Å². The summed E-state index contributed by atoms with van der Waals surface area (Å²) in [5, 5.41) is 31.0. The van der Waals surface area contributed by atoms with E-state index in [0.717, 1.165) is 35.9 Å². The molecule has 10 nitrogen and oxygen atoms in total. The maximum absolute atomic E-state index is 13.0. The molecular formula is C26H27N7O3S. The van der Waals surface area contributed by atoms with Crippen LogP contribution in [0.5, 0.6) is 0 Å². The third-order valence-electron chi connectivity index (χ3n) is 6.52. The first-order valence-corrected chi connectivity index (χ1v) is 13.5. The summed E-state index contributed by atoms with van der Waals surface area (Å²) >= 11 is 0. The number of aliphatic hydroxyl groups excluding tert-OH is 1. The van der Waals surface area contributed by atoms with Crippen molar-refractivity contribution in [2.24, 2.45) is 0 Å². The normalized spacial score (nSPS) is 17.9. The van der Waals surface area contributed by atoms with Crippen molar-refractivity contribution < 1.29 is 13.5 Å². The van der Waals surface area contributed by atoms with Crippen molar-refractivity contribution in [2.75, 3.05) is 10.0 Å². The number of hydrogen-bond donors (Lipinski definition) is 4. The number of aliphatic hydroxyl groups is 1. The molecule has 37 heavy (non-hydrogen) atoms. The Morgan fingerprint density at radius 3 is 2.62 bits per heavy atom. The van der Waals surface area contributed by atoms with Crippen molar-refractivity contribution >= 4 is 32.6 Å². The van der Waals surface area contributed by atoms with Crippen LogP contribution < -0.4 is 10.0 Å². The summed E-state index contributed by atoms with van der Waals surface area (Å²) in [6.07, 6.45) is 3.03. The van der Waals surface area contributed by atoms with Crippen molar-refractivity contribution in [3.05, 3.63) is 59.3 Å². The van der Waals surface area contributed by atoms with Crippen molar-refractivity contribution in [3.63, 3.8) is 0 Å². The number of H-pyrrole nitrogens is 1. The van der Waals surface area contributed by atoms with Gasteiger partial charge in [-0.15, -0.1) is 0 Å². The predicted octanol–water partition coefficient (Wildman–Crippen LogP) is 4.02. The van der Waals surface area contributed by atoms with Gasteiger partial charge in [0.05, 0.1) is 17.1 Å². The van der Waals surface area contributed by atoms with Crippen LogP contribution in [0.2, 0.25) is 0 Å². The van der Waals surface area contributed by atoms with Crippen molar-refractivity contribution in [1.82, 2.24) is 20.2 Å². The van der Waals surface area contributed by atoms with Crippen LogP contribution in [-0.2, 0) is 10.0 Å². The third-order valence-corrected chi connectivity index (χ3v) is 7.95. The van der Waals surface area contributed by atoms with Crippen LogP contribution in [0.3, 0.4) is 0 Å². The smallest absolute Gasteiger partial charge is 0.263 e. The second kappa shape index (κ2) is 9.80. The predicted molar refractivity (Wildman–Crippen MR) is 140 cm³/mol. The lowest BCUT2D eigenvalue weighted by atomic mass is 9.93. The number of nitrogens with one attached hydrogen (secondary N) is 3. The average molecular weight is 518 g/mol. The Morgan fingerprint density at radius 1 is 1.11 bits per heavy atom. The molecule has 2 aromatic heterocycles. The Kier molecular flexibility index (Phi) is 6.54. The molecule has 1 fully saturated rings. The Morgan fingerprint density at radius 2 is 1.89 bits per heavy atom. The quantitative estimate of drug-likeness (QED) is 0.299. The lowest BCUT2D eigenvalue weighted by molar-refractivity contribution is 0.124. The van der Waals surface area contributed by atoms with Gasteiger partial charge in [-0.25, -0.2) is 18.4 Å². The van der Waals surface area contributed by atoms with Gasteiger partial charge in [0.15, 0.2) is 11.5 Å². The zero-order chi connectivity index (χ0) is 26.2. The van der Waals surface area contributed by atoms with Crippen molar-refractivity contribution in [2.45, 2.75) is 56.6 Å². The molecule has 4 aromatic rings. The average Bonchev–Trinajstić information content (AvgIpc) is 3.25. The molecule has 1 aliphatic carbocycles. The number of aromatic amines is 1. The highest BCUT2D eigenvalue weighted by molar-refractivity contribution is 7.92. The summed E-state index contributed by atoms with van der Waals surface area (Å²) < 4.78 is 28.5. The van der Waals surface area contributed by atoms with Gasteiger partial charge in [-0.2, -0.15) is 10.4 Å². The van der Waals surface area contributed by atoms with Gasteiger partial charge >= 0.3 is 0 Å². The Balaban J connectivity index is 1.43. The summed E-state index contributed by atoms with van der Waals surface area (Å²) in [7, 11) is -3.96. The number of sulfonamides is 1. The van der Waals surface area contributed by atoms with Crippen molar-refractivity contribution in [3.8, 4) is 17.5 Å². The second-order valence-electron chi connectivity index (χ2n) is 9.40. The molecule has 0 radical (unpaired) electrons. The van der Waals surface area contributed by atoms with E-state index in [0.29, 0.717) is 35.0 Å². The molecule has 2 atom stereocenters. The van der Waals surface area contributed by atoms with Crippen LogP contribution in [0.15, 0.2) is 47.4 Å². The van der Waals surface area contributed by atoms with Gasteiger partial charge in [-0.05, 0) is 81.5 Å². The van der Waals surface area contributed by atoms with Gasteiger partial charge < -0.3 is 10.4 Å². The van der Waals surface area contributed by atoms with Crippen LogP contribution in [-0.4, -0.2) is 45.8 Å². The van der Waals surface area contributed by atoms with Crippen LogP contribution in [0.25, 0.3) is 22.4 Å². The van der Waals surface area contributed by atoms with E-state index in [1.807, 2.05) is 13.0 Å². The zero-order valence-electron chi connectivity index (χ0n) is 20.5. The highest BCUT2D eigenvalue weighted by atomic mass is 32.2. The largest absolute Gasteiger partial charge is 0.393 e. The van der Waals surface area contributed by atoms with Crippen LogP contribution in [0.1, 0.15) is 42.5 Å². The monoisotopic (exact) mass is 517 g/mol. The minimum Gasteiger partial charge on any atom is -0.393 e. The van der Waals surface area contributed by atoms with Crippen LogP contribution >= 0.6 is 0 Å². The van der Waals surface area contributed by atoms with Crippen LogP contribution in [0.4, 0.5) is 11.5 Å². The van der Waals surface area contributed by atoms with Gasteiger partial charge in [0.2, 0.25) is 0 Å². The molecule has 4 N–H and O–H groups in total. The van der Waals surface area contributed by atoms with Gasteiger partial charge in [-0.1, -0.05) is 6.07 Å². The fourth-order valence-electron chi connectivity index (χ4n) is 4.63. The maximum Gasteiger partial charge on any atom is 0.263 e. The molecule has 0 bridgehead atoms. The lowest BCUT2D eigenvalue weighted by Gasteiger charge is -2.27. The Bertz CT molecular complexity index is 1610. The zero-order valence-corrected chi connectivity index (χ0v) is 21.3. The molecule has 190 valence electrons. The summed E-state index contributed by atoms with van der Waals surface area (Å²) in [5.74, 6) is 1.09. The van der Waals surface area contributed by atoms with E-state index < -0.39 is 10.0 Å². The number of aryl methyl sites for hydroxylation is 2. The molecule has 2 aromatic carbocycles. The molecule has 5 rings (SSSR count). The number of anilines is 2. The number of hydrogen-bond acceptors (Lipinski definition) is 8. The molecule has 2 heterocycles. The topological polar surface area (TPSA) is 157 Å². The highest BCUT2D eigenvalue weighted by Gasteiger charge is 2.23. The molecule has 0 amide bonds. The molecule has 2 unspecified atom stereocenters. The Hall–Kier alpha value is -4.01. The maximum atomic E-state index is 13.0. The van der Waals surface area contributed by atoms with Crippen molar-refractivity contribution in [1.29, 1.82) is 5.26 Å². The van der Waals surface area contributed by atoms with Gasteiger partial charge in [-0.3, -0.25) is 9.82 Å². The summed E-state index contributed by atoms with van der Waals surface area (Å²) in [6, 6.07) is 13.4. The lowest BCUT2D eigenvalue weighted by Crippen LogP contribution is -2.30. The number of fused-ring (bicyclic) bond motifs is 1. The standard InChI is InChI=1S/C26H27N7O3S/c1-15-6-7-18(14-27)22(12-15)37(35,36)33-19-10-8-17(9-11-19)24-29-25(23-16(2)31-32-26(23)30-24)28-20-4-3-5-21(34)13-20/h6-12,20-21,33-34H,3-5,13H2,1-2H3,(H2,28,29,30,31,32). The van der Waals surface area contributed by atoms with E-state index in [4.69, 9.17) is 4.98 Å². The van der Waals surface area contributed by atoms with Gasteiger partial charge in [0.1, 0.15) is 16.8 Å². The molecular weight excluding hydrogens is 490 g/mol. The first-order chi connectivity index (χ1) is 17.7. The number of nitrogens with zero attached hydrogens (tertiary/aromatic N) is 4. The minimum absolute atomic E-state index is 0.0645. The highest BCUT2D eigenvalue weighted by Crippen LogP contribution is 2.30. The fourth-order valence-corrected chi connectivity index (χ4v) is 5.93. The first kappa shape index (κ1) is 24.7. The number of aromatic nitrogens is 4. The third kappa shape index (κ3) is 5.12. The van der Waals surface area contributed by atoms with E-state index in [1.165, 1.54) is 12.1 Å².